The SMILES string of the molecule is CCN1CCN(C(c2ccc(OC)cc2)c2c(NC(=O)c3ccco3)sc3c2CCCC3)CC1. The number of amides is 1. The van der Waals surface area contributed by atoms with Gasteiger partial charge in [0.1, 0.15) is 10.8 Å². The summed E-state index contributed by atoms with van der Waals surface area (Å²) in [7, 11) is 1.70. The predicted octanol–water partition coefficient (Wildman–Crippen LogP) is 5.21. The molecule has 1 aromatic carbocycles. The molecule has 7 heteroatoms. The quantitative estimate of drug-likeness (QED) is 0.504. The van der Waals surface area contributed by atoms with Crippen LogP contribution in [-0.2, 0) is 12.8 Å². The number of nitrogens with one attached hydrogen (secondary N) is 1. The molecule has 6 nitrogen and oxygen atoms in total. The molecule has 3 heterocycles. The van der Waals surface area contributed by atoms with Crippen LogP contribution < -0.4 is 10.1 Å². The van der Waals surface area contributed by atoms with Gasteiger partial charge >= 0.3 is 0 Å². The molecule has 34 heavy (non-hydrogen) atoms. The molecule has 1 amide bonds. The maximum Gasteiger partial charge on any atom is 0.291 e. The molecule has 0 bridgehead atoms. The largest absolute Gasteiger partial charge is 0.497 e. The number of carbonyl (C=O) groups excluding carboxylic acids is 1. The number of nitrogens with zero attached hydrogens (tertiary/aromatic N) is 2. The van der Waals surface area contributed by atoms with Crippen molar-refractivity contribution in [2.75, 3.05) is 45.2 Å². The fraction of sp³-hybridized carbons (Fsp3) is 0.444. The third-order valence-corrected chi connectivity index (χ3v) is 8.33. The van der Waals surface area contributed by atoms with Gasteiger partial charge in [-0.3, -0.25) is 9.69 Å². The number of hydrogen-bond donors (Lipinski definition) is 1. The normalized spacial score (nSPS) is 17.8. The first-order valence-corrected chi connectivity index (χ1v) is 13.1. The van der Waals surface area contributed by atoms with Gasteiger partial charge in [0.2, 0.25) is 0 Å². The summed E-state index contributed by atoms with van der Waals surface area (Å²) in [4.78, 5) is 19.5. The van der Waals surface area contributed by atoms with Crippen molar-refractivity contribution >= 4 is 22.2 Å². The highest BCUT2D eigenvalue weighted by molar-refractivity contribution is 7.16. The fourth-order valence-electron chi connectivity index (χ4n) is 5.23. The second-order valence-corrected chi connectivity index (χ2v) is 10.1. The van der Waals surface area contributed by atoms with Crippen molar-refractivity contribution in [2.24, 2.45) is 0 Å². The van der Waals surface area contributed by atoms with Gasteiger partial charge in [0.05, 0.1) is 19.4 Å². The van der Waals surface area contributed by atoms with Crippen LogP contribution in [0.1, 0.15) is 57.9 Å². The van der Waals surface area contributed by atoms with Gasteiger partial charge in [-0.2, -0.15) is 0 Å². The summed E-state index contributed by atoms with van der Waals surface area (Å²) in [5, 5.41) is 4.19. The minimum absolute atomic E-state index is 0.0925. The summed E-state index contributed by atoms with van der Waals surface area (Å²) in [5.74, 6) is 1.01. The van der Waals surface area contributed by atoms with E-state index < -0.39 is 0 Å². The zero-order chi connectivity index (χ0) is 23.5. The van der Waals surface area contributed by atoms with E-state index in [1.807, 2.05) is 12.1 Å². The molecule has 1 N–H and O–H groups in total. The summed E-state index contributed by atoms with van der Waals surface area (Å²) in [5.41, 5.74) is 3.95. The van der Waals surface area contributed by atoms with Crippen molar-refractivity contribution in [2.45, 2.75) is 38.6 Å². The van der Waals surface area contributed by atoms with Crippen molar-refractivity contribution < 1.29 is 13.9 Å². The molecule has 0 spiro atoms. The first kappa shape index (κ1) is 23.1. The number of rotatable bonds is 7. The molecular formula is C27H33N3O3S. The van der Waals surface area contributed by atoms with Crippen molar-refractivity contribution in [1.29, 1.82) is 0 Å². The monoisotopic (exact) mass is 479 g/mol. The lowest BCUT2D eigenvalue weighted by atomic mass is 9.88. The molecule has 2 aliphatic rings. The Morgan fingerprint density at radius 3 is 2.56 bits per heavy atom. The number of aryl methyl sites for hydroxylation is 1. The number of benzene rings is 1. The van der Waals surface area contributed by atoms with Crippen LogP contribution >= 0.6 is 11.3 Å². The molecule has 2 aromatic heterocycles. The van der Waals surface area contributed by atoms with Crippen LogP contribution in [0.15, 0.2) is 47.1 Å². The molecule has 180 valence electrons. The second-order valence-electron chi connectivity index (χ2n) is 9.03. The molecule has 0 saturated carbocycles. The topological polar surface area (TPSA) is 58.0 Å². The summed E-state index contributed by atoms with van der Waals surface area (Å²) in [6.07, 6.45) is 6.10. The predicted molar refractivity (Wildman–Crippen MR) is 136 cm³/mol. The molecule has 1 aliphatic carbocycles. The van der Waals surface area contributed by atoms with E-state index in [4.69, 9.17) is 9.15 Å². The van der Waals surface area contributed by atoms with Gasteiger partial charge in [-0.25, -0.2) is 0 Å². The van der Waals surface area contributed by atoms with Crippen LogP contribution in [0, 0.1) is 0 Å². The van der Waals surface area contributed by atoms with Crippen molar-refractivity contribution in [3.63, 3.8) is 0 Å². The first-order valence-electron chi connectivity index (χ1n) is 12.3. The van der Waals surface area contributed by atoms with E-state index in [2.05, 4.69) is 34.2 Å². The minimum atomic E-state index is -0.186. The number of fused-ring (bicyclic) bond motifs is 1. The summed E-state index contributed by atoms with van der Waals surface area (Å²) in [6, 6.07) is 12.0. The maximum absolute atomic E-state index is 13.0. The number of thiophene rings is 1. The Bertz CT molecular complexity index is 1100. The van der Waals surface area contributed by atoms with Crippen LogP contribution in [0.5, 0.6) is 5.75 Å². The van der Waals surface area contributed by atoms with Crippen LogP contribution in [0.4, 0.5) is 5.00 Å². The number of furan rings is 1. The molecule has 0 radical (unpaired) electrons. The first-order chi connectivity index (χ1) is 16.7. The Kier molecular flexibility index (Phi) is 7.04. The Labute approximate surface area is 205 Å². The lowest BCUT2D eigenvalue weighted by Gasteiger charge is -2.40. The van der Waals surface area contributed by atoms with Gasteiger partial charge in [0, 0.05) is 36.6 Å². The number of methoxy groups -OCH3 is 1. The highest BCUT2D eigenvalue weighted by atomic mass is 32.1. The molecule has 1 saturated heterocycles. The lowest BCUT2D eigenvalue weighted by molar-refractivity contribution is 0.0995. The Hall–Kier alpha value is -2.61. The average Bonchev–Trinajstić information content (AvgIpc) is 3.54. The van der Waals surface area contributed by atoms with Crippen molar-refractivity contribution in [3.05, 3.63) is 70.0 Å². The smallest absolute Gasteiger partial charge is 0.291 e. The standard InChI is InChI=1S/C27H33N3O3S/c1-3-29-14-16-30(17-15-29)25(19-10-12-20(32-2)13-11-19)24-21-7-4-5-9-23(21)34-27(24)28-26(31)22-8-6-18-33-22/h6,8,10-13,18,25H,3-5,7,9,14-17H2,1-2H3,(H,28,31). The van der Waals surface area contributed by atoms with Crippen LogP contribution in [-0.4, -0.2) is 55.5 Å². The summed E-state index contributed by atoms with van der Waals surface area (Å²) < 4.78 is 10.8. The minimum Gasteiger partial charge on any atom is -0.497 e. The van der Waals surface area contributed by atoms with E-state index in [9.17, 15) is 4.79 Å². The number of anilines is 1. The maximum atomic E-state index is 13.0. The number of piperazine rings is 1. The van der Waals surface area contributed by atoms with E-state index in [0.717, 1.165) is 56.3 Å². The van der Waals surface area contributed by atoms with Crippen LogP contribution in [0.25, 0.3) is 0 Å². The van der Waals surface area contributed by atoms with Crippen molar-refractivity contribution in [3.8, 4) is 5.75 Å². The van der Waals surface area contributed by atoms with Crippen molar-refractivity contribution in [1.82, 2.24) is 9.80 Å². The molecule has 3 aromatic rings. The van der Waals surface area contributed by atoms with Gasteiger partial charge < -0.3 is 19.4 Å². The molecule has 5 rings (SSSR count). The highest BCUT2D eigenvalue weighted by Gasteiger charge is 2.33. The zero-order valence-corrected chi connectivity index (χ0v) is 20.8. The third-order valence-electron chi connectivity index (χ3n) is 7.11. The Balaban J connectivity index is 1.57. The van der Waals surface area contributed by atoms with E-state index in [-0.39, 0.29) is 11.9 Å². The zero-order valence-electron chi connectivity index (χ0n) is 20.0. The molecule has 1 fully saturated rings. The lowest BCUT2D eigenvalue weighted by Crippen LogP contribution is -2.47. The van der Waals surface area contributed by atoms with Gasteiger partial charge in [0.15, 0.2) is 5.76 Å². The second kappa shape index (κ2) is 10.3. The number of carbonyl (C=O) groups is 1. The molecule has 1 atom stereocenters. The van der Waals surface area contributed by atoms with E-state index >= 15 is 0 Å². The van der Waals surface area contributed by atoms with Crippen LogP contribution in [0.3, 0.4) is 0 Å². The average molecular weight is 480 g/mol. The fourth-order valence-corrected chi connectivity index (χ4v) is 6.55. The van der Waals surface area contributed by atoms with Gasteiger partial charge in [-0.15, -0.1) is 11.3 Å². The van der Waals surface area contributed by atoms with E-state index in [0.29, 0.717) is 5.76 Å². The number of hydrogen-bond acceptors (Lipinski definition) is 6. The van der Waals surface area contributed by atoms with Crippen LogP contribution in [0.2, 0.25) is 0 Å². The van der Waals surface area contributed by atoms with Gasteiger partial charge in [-0.05, 0) is 67.6 Å². The Morgan fingerprint density at radius 2 is 1.88 bits per heavy atom. The summed E-state index contributed by atoms with van der Waals surface area (Å²) >= 11 is 1.75. The van der Waals surface area contributed by atoms with E-state index in [1.54, 1.807) is 36.8 Å². The third kappa shape index (κ3) is 4.65. The number of ether oxygens (including phenoxy) is 1. The van der Waals surface area contributed by atoms with E-state index in [1.165, 1.54) is 34.4 Å². The Morgan fingerprint density at radius 1 is 1.12 bits per heavy atom. The summed E-state index contributed by atoms with van der Waals surface area (Å²) in [6.45, 7) is 7.43. The highest BCUT2D eigenvalue weighted by Crippen LogP contribution is 2.46. The van der Waals surface area contributed by atoms with Gasteiger partial charge in [0.25, 0.3) is 5.91 Å². The molecule has 1 unspecified atom stereocenters. The molecule has 1 aliphatic heterocycles. The van der Waals surface area contributed by atoms with Gasteiger partial charge in [-0.1, -0.05) is 19.1 Å². The molecular weight excluding hydrogens is 446 g/mol. The number of likely N-dealkylation sites (N-methyl/N-ethyl adjacent to an activating group) is 1.